The molecule has 3 amide bonds. The summed E-state index contributed by atoms with van der Waals surface area (Å²) in [5.74, 6) is -2.52. The summed E-state index contributed by atoms with van der Waals surface area (Å²) >= 11 is 0. The number of hydrogen-bond acceptors (Lipinski definition) is 5. The molecule has 0 fully saturated rings. The maximum atomic E-state index is 12.8. The van der Waals surface area contributed by atoms with E-state index in [-0.39, 0.29) is 23.0 Å². The Labute approximate surface area is 174 Å². The molecule has 0 bridgehead atoms. The molecule has 2 aromatic carbocycles. The second-order valence-electron chi connectivity index (χ2n) is 7.75. The predicted molar refractivity (Wildman–Crippen MR) is 109 cm³/mol. The largest absolute Gasteiger partial charge is 0.454 e. The molecule has 2 heterocycles. The van der Waals surface area contributed by atoms with Gasteiger partial charge in [0.1, 0.15) is 6.04 Å². The van der Waals surface area contributed by atoms with E-state index >= 15 is 0 Å². The maximum absolute atomic E-state index is 12.8. The van der Waals surface area contributed by atoms with Gasteiger partial charge in [0.25, 0.3) is 17.7 Å². The number of nitrogens with zero attached hydrogens (tertiary/aromatic N) is 2. The molecule has 0 aromatic heterocycles. The van der Waals surface area contributed by atoms with Gasteiger partial charge in [-0.05, 0) is 36.1 Å². The first-order valence-electron chi connectivity index (χ1n) is 9.92. The van der Waals surface area contributed by atoms with E-state index in [2.05, 4.69) is 0 Å². The summed E-state index contributed by atoms with van der Waals surface area (Å²) < 4.78 is 5.29. The molecule has 7 nitrogen and oxygen atoms in total. The van der Waals surface area contributed by atoms with E-state index in [1.54, 1.807) is 43.0 Å². The van der Waals surface area contributed by atoms with Gasteiger partial charge in [0.15, 0.2) is 6.61 Å². The van der Waals surface area contributed by atoms with Crippen LogP contribution in [-0.4, -0.2) is 47.8 Å². The van der Waals surface area contributed by atoms with E-state index in [0.29, 0.717) is 6.54 Å². The zero-order valence-corrected chi connectivity index (χ0v) is 16.8. The first kappa shape index (κ1) is 19.8. The molecular formula is C23H22N2O5. The van der Waals surface area contributed by atoms with Gasteiger partial charge in [0.2, 0.25) is 0 Å². The minimum absolute atomic E-state index is 0.269. The predicted octanol–water partition coefficient (Wildman–Crippen LogP) is 2.44. The van der Waals surface area contributed by atoms with Gasteiger partial charge in [-0.15, -0.1) is 0 Å². The molecule has 0 unspecified atom stereocenters. The van der Waals surface area contributed by atoms with Crippen LogP contribution in [0.4, 0.5) is 5.69 Å². The van der Waals surface area contributed by atoms with Crippen LogP contribution in [0.25, 0.3) is 0 Å². The standard InChI is InChI=1S/C23H22N2O5/c1-14(2)20(25-21(27)16-8-4-5-9-17(16)22(25)28)23(29)30-13-19(26)24-12-11-15-7-3-6-10-18(15)24/h3-10,14,20H,11-13H2,1-2H3/t20-/m0/s1. The minimum atomic E-state index is -1.10. The molecule has 0 saturated heterocycles. The van der Waals surface area contributed by atoms with Crippen molar-refractivity contribution in [2.45, 2.75) is 26.3 Å². The van der Waals surface area contributed by atoms with Crippen molar-refractivity contribution < 1.29 is 23.9 Å². The van der Waals surface area contributed by atoms with Gasteiger partial charge in [0.05, 0.1) is 11.1 Å². The van der Waals surface area contributed by atoms with Crippen LogP contribution in [0.15, 0.2) is 48.5 Å². The summed E-state index contributed by atoms with van der Waals surface area (Å²) in [6, 6.07) is 13.0. The normalized spacial score (nSPS) is 16.0. The van der Waals surface area contributed by atoms with E-state index in [4.69, 9.17) is 4.74 Å². The van der Waals surface area contributed by atoms with Crippen LogP contribution < -0.4 is 4.90 Å². The Morgan fingerprint density at radius 1 is 0.967 bits per heavy atom. The molecule has 0 radical (unpaired) electrons. The van der Waals surface area contributed by atoms with Crippen molar-refractivity contribution >= 4 is 29.4 Å². The Morgan fingerprint density at radius 3 is 2.20 bits per heavy atom. The van der Waals surface area contributed by atoms with Crippen LogP contribution in [0.3, 0.4) is 0 Å². The number of ether oxygens (including phenoxy) is 1. The number of imide groups is 1. The van der Waals surface area contributed by atoms with Crippen LogP contribution in [0.2, 0.25) is 0 Å². The first-order valence-corrected chi connectivity index (χ1v) is 9.92. The monoisotopic (exact) mass is 406 g/mol. The fraction of sp³-hybridized carbons (Fsp3) is 0.304. The molecule has 4 rings (SSSR count). The number of carbonyl (C=O) groups is 4. The minimum Gasteiger partial charge on any atom is -0.454 e. The van der Waals surface area contributed by atoms with Crippen molar-refractivity contribution in [3.63, 3.8) is 0 Å². The SMILES string of the molecule is CC(C)[C@@H](C(=O)OCC(=O)N1CCc2ccccc21)N1C(=O)c2ccccc2C1=O. The Balaban J connectivity index is 1.47. The quantitative estimate of drug-likeness (QED) is 0.563. The van der Waals surface area contributed by atoms with Gasteiger partial charge < -0.3 is 9.64 Å². The number of para-hydroxylation sites is 1. The zero-order chi connectivity index (χ0) is 21.4. The molecule has 30 heavy (non-hydrogen) atoms. The molecular weight excluding hydrogens is 384 g/mol. The lowest BCUT2D eigenvalue weighted by Gasteiger charge is -2.27. The molecule has 7 heteroatoms. The summed E-state index contributed by atoms with van der Waals surface area (Å²) in [6.45, 7) is 3.54. The van der Waals surface area contributed by atoms with E-state index in [9.17, 15) is 19.2 Å². The summed E-state index contributed by atoms with van der Waals surface area (Å²) in [6.07, 6.45) is 0.750. The van der Waals surface area contributed by atoms with Crippen LogP contribution in [-0.2, 0) is 20.7 Å². The highest BCUT2D eigenvalue weighted by atomic mass is 16.5. The third kappa shape index (κ3) is 3.26. The molecule has 2 aliphatic heterocycles. The molecule has 0 saturated carbocycles. The van der Waals surface area contributed by atoms with Crippen molar-refractivity contribution in [2.24, 2.45) is 5.92 Å². The number of fused-ring (bicyclic) bond motifs is 2. The van der Waals surface area contributed by atoms with Crippen LogP contribution in [0.1, 0.15) is 40.1 Å². The number of esters is 1. The Kier molecular flexibility index (Phi) is 5.11. The second-order valence-corrected chi connectivity index (χ2v) is 7.75. The molecule has 1 atom stereocenters. The van der Waals surface area contributed by atoms with Gasteiger partial charge in [-0.25, -0.2) is 4.79 Å². The van der Waals surface area contributed by atoms with Crippen molar-refractivity contribution in [2.75, 3.05) is 18.1 Å². The number of rotatable bonds is 5. The van der Waals surface area contributed by atoms with Crippen molar-refractivity contribution in [1.29, 1.82) is 0 Å². The van der Waals surface area contributed by atoms with E-state index in [1.807, 2.05) is 24.3 Å². The average molecular weight is 406 g/mol. The zero-order valence-electron chi connectivity index (χ0n) is 16.8. The van der Waals surface area contributed by atoms with Crippen LogP contribution in [0, 0.1) is 5.92 Å². The molecule has 0 aliphatic carbocycles. The van der Waals surface area contributed by atoms with E-state index in [1.165, 1.54) is 0 Å². The van der Waals surface area contributed by atoms with Gasteiger partial charge in [-0.1, -0.05) is 44.2 Å². The molecule has 154 valence electrons. The van der Waals surface area contributed by atoms with Crippen molar-refractivity contribution in [1.82, 2.24) is 4.90 Å². The fourth-order valence-corrected chi connectivity index (χ4v) is 4.03. The van der Waals surface area contributed by atoms with Crippen LogP contribution in [0.5, 0.6) is 0 Å². The van der Waals surface area contributed by atoms with Crippen molar-refractivity contribution in [3.05, 3.63) is 65.2 Å². The first-order chi connectivity index (χ1) is 14.4. The number of hydrogen-bond donors (Lipinski definition) is 0. The highest BCUT2D eigenvalue weighted by molar-refractivity contribution is 6.22. The summed E-state index contributed by atoms with van der Waals surface area (Å²) in [5.41, 5.74) is 2.43. The highest BCUT2D eigenvalue weighted by Gasteiger charge is 2.44. The maximum Gasteiger partial charge on any atom is 0.330 e. The molecule has 0 spiro atoms. The molecule has 0 N–H and O–H groups in total. The van der Waals surface area contributed by atoms with E-state index in [0.717, 1.165) is 22.6 Å². The fourth-order valence-electron chi connectivity index (χ4n) is 4.03. The summed E-state index contributed by atoms with van der Waals surface area (Å²) in [7, 11) is 0. The average Bonchev–Trinajstić information content (AvgIpc) is 3.28. The summed E-state index contributed by atoms with van der Waals surface area (Å²) in [5, 5.41) is 0. The van der Waals surface area contributed by atoms with Gasteiger partial charge in [-0.2, -0.15) is 0 Å². The topological polar surface area (TPSA) is 84.0 Å². The number of anilines is 1. The Morgan fingerprint density at radius 2 is 1.57 bits per heavy atom. The van der Waals surface area contributed by atoms with Gasteiger partial charge in [-0.3, -0.25) is 19.3 Å². The molecule has 2 aliphatic rings. The lowest BCUT2D eigenvalue weighted by atomic mass is 10.0. The van der Waals surface area contributed by atoms with Gasteiger partial charge in [0, 0.05) is 12.2 Å². The smallest absolute Gasteiger partial charge is 0.330 e. The second kappa shape index (κ2) is 7.74. The van der Waals surface area contributed by atoms with Crippen LogP contribution >= 0.6 is 0 Å². The third-order valence-electron chi connectivity index (χ3n) is 5.50. The van der Waals surface area contributed by atoms with Gasteiger partial charge >= 0.3 is 5.97 Å². The molecule has 2 aromatic rings. The number of carbonyl (C=O) groups excluding carboxylic acids is 4. The number of benzene rings is 2. The summed E-state index contributed by atoms with van der Waals surface area (Å²) in [4.78, 5) is 53.5. The van der Waals surface area contributed by atoms with Crippen molar-refractivity contribution in [3.8, 4) is 0 Å². The lowest BCUT2D eigenvalue weighted by Crippen LogP contribution is -2.49. The third-order valence-corrected chi connectivity index (χ3v) is 5.50. The Hall–Kier alpha value is -3.48. The van der Waals surface area contributed by atoms with E-state index < -0.39 is 30.4 Å². The highest BCUT2D eigenvalue weighted by Crippen LogP contribution is 2.29. The number of amides is 3. The lowest BCUT2D eigenvalue weighted by molar-refractivity contribution is -0.153. The Bertz CT molecular complexity index is 1010.